The molecule has 3 saturated heterocycles. The van der Waals surface area contributed by atoms with Crippen LogP contribution in [0.3, 0.4) is 0 Å². The van der Waals surface area contributed by atoms with Crippen molar-refractivity contribution in [3.8, 4) is 23.3 Å². The normalized spacial score (nSPS) is 21.6. The Balaban J connectivity index is 1.16. The minimum Gasteiger partial charge on any atom is -0.461 e. The molecule has 0 unspecified atom stereocenters. The summed E-state index contributed by atoms with van der Waals surface area (Å²) in [5.74, 6) is -0.637. The van der Waals surface area contributed by atoms with Gasteiger partial charge in [0.2, 0.25) is 5.91 Å². The Bertz CT molecular complexity index is 2320. The number of nitrogens with zero attached hydrogens (tertiary/aromatic N) is 9. The number of benzene rings is 2. The van der Waals surface area contributed by atoms with Crippen LogP contribution in [0.15, 0.2) is 54.7 Å². The first-order valence-electron chi connectivity index (χ1n) is 18.1. The maximum absolute atomic E-state index is 16.9. The number of hydrogen-bond acceptors (Lipinski definition) is 10. The minimum absolute atomic E-state index is 0.0420. The molecule has 11 nitrogen and oxygen atoms in total. The number of piperazine rings is 1. The summed E-state index contributed by atoms with van der Waals surface area (Å²) in [4.78, 5) is 41.6. The van der Waals surface area contributed by atoms with E-state index in [0.717, 1.165) is 25.1 Å². The minimum atomic E-state index is -0.964. The zero-order chi connectivity index (χ0) is 37.6. The molecule has 6 heterocycles. The van der Waals surface area contributed by atoms with Crippen LogP contribution in [-0.2, 0) is 4.79 Å². The van der Waals surface area contributed by atoms with Crippen LogP contribution in [-0.4, -0.2) is 97.7 Å². The van der Waals surface area contributed by atoms with Gasteiger partial charge in [-0.3, -0.25) is 14.7 Å². The molecule has 54 heavy (non-hydrogen) atoms. The Morgan fingerprint density at radius 2 is 1.91 bits per heavy atom. The van der Waals surface area contributed by atoms with Gasteiger partial charge in [-0.15, -0.1) is 0 Å². The molecule has 3 aromatic heterocycles. The molecule has 0 spiro atoms. The third kappa shape index (κ3) is 6.57. The Morgan fingerprint density at radius 3 is 2.72 bits per heavy atom. The maximum atomic E-state index is 16.9. The number of pyridine rings is 1. The fourth-order valence-electron chi connectivity index (χ4n) is 8.36. The first-order chi connectivity index (χ1) is 26.1. The van der Waals surface area contributed by atoms with Crippen LogP contribution in [0.1, 0.15) is 42.9 Å². The number of ether oxygens (including phenoxy) is 1. The number of nitriles is 1. The monoisotopic (exact) mass is 733 g/mol. The van der Waals surface area contributed by atoms with Gasteiger partial charge in [0.15, 0.2) is 5.82 Å². The number of hydrogen-bond donors (Lipinski definition) is 0. The lowest BCUT2D eigenvalue weighted by Gasteiger charge is -2.41. The van der Waals surface area contributed by atoms with Crippen molar-refractivity contribution in [1.29, 1.82) is 5.26 Å². The topological polar surface area (TPSA) is 124 Å². The number of halogens is 3. The zero-order valence-electron chi connectivity index (χ0n) is 30.0. The zero-order valence-corrected chi connectivity index (χ0v) is 30.0. The van der Waals surface area contributed by atoms with Crippen molar-refractivity contribution in [2.24, 2.45) is 0 Å². The summed E-state index contributed by atoms with van der Waals surface area (Å²) in [5.41, 5.74) is 1.00. The predicted molar refractivity (Wildman–Crippen MR) is 197 cm³/mol. The number of aromatic nitrogens is 5. The number of rotatable bonds is 8. The fourth-order valence-corrected chi connectivity index (χ4v) is 8.36. The number of amides is 1. The quantitative estimate of drug-likeness (QED) is 0.172. The van der Waals surface area contributed by atoms with Crippen LogP contribution < -0.4 is 9.64 Å². The SMILES string of the molecule is Cc1cc(/C=C/C(=O)N2CCN(c3nc(OC[C@@]45CCCN4C[C@H](F)C5)nc4c(F)c(-c5cccc6cccc(F)c56)ncc34)C[C@@H]2CC#N)nc(C)n1. The number of fused-ring (bicyclic) bond motifs is 3. The van der Waals surface area contributed by atoms with E-state index in [0.29, 0.717) is 47.6 Å². The second kappa shape index (κ2) is 14.3. The van der Waals surface area contributed by atoms with Crippen LogP contribution in [0.2, 0.25) is 0 Å². The molecular weight excluding hydrogens is 695 g/mol. The molecule has 0 radical (unpaired) electrons. The number of alkyl halides is 1. The molecule has 8 rings (SSSR count). The van der Waals surface area contributed by atoms with E-state index in [1.165, 1.54) is 18.3 Å². The van der Waals surface area contributed by atoms with E-state index in [1.54, 1.807) is 54.3 Å². The molecule has 2 aromatic carbocycles. The number of carbonyl (C=O) groups excluding carboxylic acids is 1. The lowest BCUT2D eigenvalue weighted by molar-refractivity contribution is -0.128. The third-order valence-electron chi connectivity index (χ3n) is 10.8. The lowest BCUT2D eigenvalue weighted by Crippen LogP contribution is -2.55. The average molecular weight is 734 g/mol. The summed E-state index contributed by atoms with van der Waals surface area (Å²) < 4.78 is 52.9. The maximum Gasteiger partial charge on any atom is 0.319 e. The van der Waals surface area contributed by atoms with E-state index in [1.807, 2.05) is 11.8 Å². The van der Waals surface area contributed by atoms with Gasteiger partial charge in [-0.25, -0.2) is 23.1 Å². The highest BCUT2D eigenvalue weighted by atomic mass is 19.1. The molecule has 0 aliphatic carbocycles. The Kier molecular flexibility index (Phi) is 9.35. The van der Waals surface area contributed by atoms with E-state index in [4.69, 9.17) is 9.72 Å². The summed E-state index contributed by atoms with van der Waals surface area (Å²) in [6.45, 7) is 5.64. The average Bonchev–Trinajstić information content (AvgIpc) is 3.68. The van der Waals surface area contributed by atoms with Crippen LogP contribution in [0, 0.1) is 36.8 Å². The van der Waals surface area contributed by atoms with Crippen molar-refractivity contribution in [2.75, 3.05) is 44.2 Å². The first kappa shape index (κ1) is 35.4. The van der Waals surface area contributed by atoms with Gasteiger partial charge < -0.3 is 14.5 Å². The van der Waals surface area contributed by atoms with Gasteiger partial charge in [0.1, 0.15) is 41.4 Å². The molecule has 1 amide bonds. The molecule has 5 aromatic rings. The van der Waals surface area contributed by atoms with Gasteiger partial charge in [0.05, 0.1) is 35.2 Å². The Morgan fingerprint density at radius 1 is 1.07 bits per heavy atom. The second-order valence-electron chi connectivity index (χ2n) is 14.3. The number of carbonyl (C=O) groups is 1. The van der Waals surface area contributed by atoms with Crippen molar-refractivity contribution < 1.29 is 22.7 Å². The molecule has 14 heteroatoms. The van der Waals surface area contributed by atoms with Gasteiger partial charge in [-0.1, -0.05) is 30.3 Å². The molecule has 0 N–H and O–H groups in total. The number of anilines is 1. The highest BCUT2D eigenvalue weighted by molar-refractivity contribution is 5.99. The highest BCUT2D eigenvalue weighted by Crippen LogP contribution is 2.41. The molecule has 3 atom stereocenters. The molecule has 276 valence electrons. The predicted octanol–water partition coefficient (Wildman–Crippen LogP) is 6.13. The van der Waals surface area contributed by atoms with E-state index >= 15 is 8.78 Å². The largest absolute Gasteiger partial charge is 0.461 e. The second-order valence-corrected chi connectivity index (χ2v) is 14.3. The summed E-state index contributed by atoms with van der Waals surface area (Å²) in [6, 6.07) is 13.1. The molecule has 0 bridgehead atoms. The Hall–Kier alpha value is -5.68. The summed E-state index contributed by atoms with van der Waals surface area (Å²) >= 11 is 0. The molecule has 3 aliphatic rings. The van der Waals surface area contributed by atoms with Crippen molar-refractivity contribution in [3.63, 3.8) is 0 Å². The number of aryl methyl sites for hydroxylation is 2. The summed E-state index contributed by atoms with van der Waals surface area (Å²) in [5, 5.41) is 10.9. The summed E-state index contributed by atoms with van der Waals surface area (Å²) in [6.07, 6.45) is 5.65. The fraction of sp³-hybridized carbons (Fsp3) is 0.375. The van der Waals surface area contributed by atoms with Gasteiger partial charge >= 0.3 is 6.01 Å². The van der Waals surface area contributed by atoms with Gasteiger partial charge in [-0.05, 0) is 56.8 Å². The van der Waals surface area contributed by atoms with Crippen LogP contribution in [0.4, 0.5) is 19.0 Å². The van der Waals surface area contributed by atoms with Crippen LogP contribution in [0.25, 0.3) is 39.0 Å². The lowest BCUT2D eigenvalue weighted by atomic mass is 9.95. The van der Waals surface area contributed by atoms with E-state index < -0.39 is 29.4 Å². The van der Waals surface area contributed by atoms with E-state index in [-0.39, 0.29) is 60.2 Å². The molecular formula is C40H38F3N9O2. The molecule has 3 fully saturated rings. The Labute approximate surface area is 310 Å². The van der Waals surface area contributed by atoms with Crippen LogP contribution >= 0.6 is 0 Å². The third-order valence-corrected chi connectivity index (χ3v) is 10.8. The summed E-state index contributed by atoms with van der Waals surface area (Å²) in [7, 11) is 0. The standard InChI is InChI=1S/C40H38F3N9O2/c1-24-18-28(47-25(2)46-24)10-11-33(53)52-17-16-50(22-29(52)12-14-44)38-31-20-45-36(30-8-3-6-26-7-4-9-32(42)34(26)30)35(43)37(31)48-39(49-38)54-23-40-13-5-15-51(40)21-27(41)19-40/h3-4,6-11,18,20,27,29H,5,12-13,15-17,19,21-23H2,1-2H3/b11-10+/t27-,29+,40+/m1/s1. The molecule has 3 aliphatic heterocycles. The van der Waals surface area contributed by atoms with Crippen molar-refractivity contribution in [2.45, 2.75) is 57.3 Å². The van der Waals surface area contributed by atoms with Gasteiger partial charge in [-0.2, -0.15) is 15.2 Å². The highest BCUT2D eigenvalue weighted by Gasteiger charge is 2.49. The van der Waals surface area contributed by atoms with Crippen molar-refractivity contribution >= 4 is 39.5 Å². The van der Waals surface area contributed by atoms with E-state index in [9.17, 15) is 14.4 Å². The van der Waals surface area contributed by atoms with Crippen molar-refractivity contribution in [3.05, 3.63) is 83.6 Å². The smallest absolute Gasteiger partial charge is 0.319 e. The van der Waals surface area contributed by atoms with Crippen molar-refractivity contribution in [1.82, 2.24) is 34.7 Å². The van der Waals surface area contributed by atoms with Gasteiger partial charge in [0, 0.05) is 61.5 Å². The first-order valence-corrected chi connectivity index (χ1v) is 18.1. The van der Waals surface area contributed by atoms with E-state index in [2.05, 4.69) is 30.9 Å². The molecule has 0 saturated carbocycles. The van der Waals surface area contributed by atoms with Crippen LogP contribution in [0.5, 0.6) is 6.01 Å². The van der Waals surface area contributed by atoms with Gasteiger partial charge in [0.25, 0.3) is 0 Å².